The molecule has 0 saturated carbocycles. The van der Waals surface area contributed by atoms with E-state index in [1.165, 1.54) is 21.2 Å². The highest BCUT2D eigenvalue weighted by Gasteiger charge is 2.27. The molecule has 0 radical (unpaired) electrons. The Morgan fingerprint density at radius 1 is 0.544 bits per heavy atom. The van der Waals surface area contributed by atoms with E-state index in [2.05, 4.69) is 16.0 Å². The van der Waals surface area contributed by atoms with Crippen LogP contribution in [0.1, 0.15) is 88.6 Å². The van der Waals surface area contributed by atoms with E-state index in [0.717, 1.165) is 0 Å². The second-order valence-corrected chi connectivity index (χ2v) is 17.0. The first-order chi connectivity index (χ1) is 26.4. The molecule has 1 heterocycles. The highest BCUT2D eigenvalue weighted by atomic mass is 16.6. The van der Waals surface area contributed by atoms with Gasteiger partial charge in [0.1, 0.15) is 22.6 Å². The fraction of sp³-hybridized carbons (Fsp3) is 0.700. The molecule has 1 aromatic carbocycles. The molecule has 1 aliphatic rings. The van der Waals surface area contributed by atoms with Crippen LogP contribution in [0.25, 0.3) is 0 Å². The van der Waals surface area contributed by atoms with Crippen molar-refractivity contribution in [2.45, 2.75) is 85.7 Å². The molecule has 1 aromatic rings. The molecular formula is C40H67N7O10. The highest BCUT2D eigenvalue weighted by Crippen LogP contribution is 2.26. The summed E-state index contributed by atoms with van der Waals surface area (Å²) < 4.78 is 22.3. The number of rotatable bonds is 13. The van der Waals surface area contributed by atoms with Crippen LogP contribution in [0.15, 0.2) is 12.1 Å². The summed E-state index contributed by atoms with van der Waals surface area (Å²) in [6.45, 7) is 19.5. The van der Waals surface area contributed by atoms with Gasteiger partial charge >= 0.3 is 17.9 Å². The first-order valence-electron chi connectivity index (χ1n) is 19.4. The van der Waals surface area contributed by atoms with Crippen LogP contribution in [-0.2, 0) is 39.9 Å². The Labute approximate surface area is 338 Å². The van der Waals surface area contributed by atoms with Crippen molar-refractivity contribution in [2.75, 3.05) is 99.7 Å². The smallest absolute Gasteiger partial charge is 0.320 e. The fourth-order valence-electron chi connectivity index (χ4n) is 5.96. The normalized spacial score (nSPS) is 16.0. The van der Waals surface area contributed by atoms with Crippen LogP contribution in [0, 0.1) is 0 Å². The van der Waals surface area contributed by atoms with Gasteiger partial charge in [-0.05, 0) is 80.0 Å². The van der Waals surface area contributed by atoms with Crippen molar-refractivity contribution in [3.05, 3.63) is 28.8 Å². The zero-order valence-electron chi connectivity index (χ0n) is 36.2. The van der Waals surface area contributed by atoms with Crippen LogP contribution < -0.4 is 20.7 Å². The number of hydrogen-bond acceptors (Lipinski definition) is 14. The Balaban J connectivity index is 2.38. The fourth-order valence-corrected chi connectivity index (χ4v) is 5.96. The van der Waals surface area contributed by atoms with E-state index in [9.17, 15) is 28.8 Å². The number of methoxy groups -OCH3 is 1. The van der Waals surface area contributed by atoms with Gasteiger partial charge in [-0.15, -0.1) is 0 Å². The van der Waals surface area contributed by atoms with Gasteiger partial charge in [0.25, 0.3) is 11.8 Å². The number of benzene rings is 1. The first-order valence-corrected chi connectivity index (χ1v) is 19.4. The van der Waals surface area contributed by atoms with Crippen molar-refractivity contribution in [2.24, 2.45) is 0 Å². The number of ether oxygens (including phenoxy) is 4. The maximum Gasteiger partial charge on any atom is 0.320 e. The molecule has 1 aliphatic heterocycles. The van der Waals surface area contributed by atoms with E-state index in [-0.39, 0.29) is 61.5 Å². The molecule has 17 nitrogen and oxygen atoms in total. The first kappa shape index (κ1) is 48.8. The standard InChI is InChI=1S/C40H67N7O10/c1-38(2,3)55-32(49)25-45-15-13-44(24-31(48)43-23-28-21-29(36(52)41-10)35(54-12)30(22-28)37(53)42-11)14-16-46(26-33(50)56-39(4,5)6)18-20-47(19-17-45)27-34(51)57-40(7,8)9/h21-22H,13-20,23-27H2,1-12H3,(H,41,52)(H,42,53)(H,43,48). The third-order valence-electron chi connectivity index (χ3n) is 8.40. The van der Waals surface area contributed by atoms with E-state index < -0.39 is 40.6 Å². The quantitative estimate of drug-likeness (QED) is 0.191. The van der Waals surface area contributed by atoms with Crippen molar-refractivity contribution in [3.63, 3.8) is 0 Å². The molecule has 0 bridgehead atoms. The van der Waals surface area contributed by atoms with E-state index in [4.69, 9.17) is 18.9 Å². The minimum atomic E-state index is -0.680. The van der Waals surface area contributed by atoms with Gasteiger partial charge in [0, 0.05) is 73.0 Å². The summed E-state index contributed by atoms with van der Waals surface area (Å²) in [7, 11) is 4.31. The lowest BCUT2D eigenvalue weighted by molar-refractivity contribution is -0.158. The van der Waals surface area contributed by atoms with Gasteiger partial charge in [-0.3, -0.25) is 48.4 Å². The average Bonchev–Trinajstić information content (AvgIpc) is 3.08. The molecule has 2 rings (SSSR count). The van der Waals surface area contributed by atoms with Gasteiger partial charge in [-0.2, -0.15) is 0 Å². The molecule has 1 fully saturated rings. The maximum absolute atomic E-state index is 13.5. The van der Waals surface area contributed by atoms with Crippen LogP contribution in [0.2, 0.25) is 0 Å². The number of carbonyl (C=O) groups is 6. The zero-order chi connectivity index (χ0) is 43.1. The zero-order valence-corrected chi connectivity index (χ0v) is 36.2. The summed E-state index contributed by atoms with van der Waals surface area (Å²) in [4.78, 5) is 85.7. The monoisotopic (exact) mass is 805 g/mol. The predicted molar refractivity (Wildman–Crippen MR) is 215 cm³/mol. The SMILES string of the molecule is CNC(=O)c1cc(CNC(=O)CN2CCN(CC(=O)OC(C)(C)C)CCN(CC(=O)OC(C)(C)C)CCN(CC(=O)OC(C)(C)C)CC2)cc(C(=O)NC)c1OC. The number of amides is 3. The maximum atomic E-state index is 13.5. The van der Waals surface area contributed by atoms with Gasteiger partial charge in [0.05, 0.1) is 44.4 Å². The van der Waals surface area contributed by atoms with Crippen LogP contribution >= 0.6 is 0 Å². The predicted octanol–water partition coefficient (Wildman–Crippen LogP) is 1.28. The molecule has 0 spiro atoms. The largest absolute Gasteiger partial charge is 0.495 e. The van der Waals surface area contributed by atoms with E-state index in [1.54, 1.807) is 53.7 Å². The summed E-state index contributed by atoms with van der Waals surface area (Å²) in [5, 5.41) is 8.01. The molecule has 0 atom stereocenters. The topological polar surface area (TPSA) is 188 Å². The van der Waals surface area contributed by atoms with E-state index in [0.29, 0.717) is 57.9 Å². The molecule has 0 aliphatic carbocycles. The summed E-state index contributed by atoms with van der Waals surface area (Å²) in [5.41, 5.74) is -1.22. The summed E-state index contributed by atoms with van der Waals surface area (Å²) in [6.07, 6.45) is 0. The molecule has 57 heavy (non-hydrogen) atoms. The third kappa shape index (κ3) is 19.1. The molecule has 1 saturated heterocycles. The van der Waals surface area contributed by atoms with Gasteiger partial charge in [-0.1, -0.05) is 0 Å². The molecular weight excluding hydrogens is 738 g/mol. The van der Waals surface area contributed by atoms with Crippen molar-refractivity contribution < 1.29 is 47.7 Å². The second-order valence-electron chi connectivity index (χ2n) is 17.0. The summed E-state index contributed by atoms with van der Waals surface area (Å²) in [5.74, 6) is -2.28. The van der Waals surface area contributed by atoms with Crippen LogP contribution in [0.4, 0.5) is 0 Å². The average molecular weight is 806 g/mol. The highest BCUT2D eigenvalue weighted by molar-refractivity contribution is 6.04. The summed E-state index contributed by atoms with van der Waals surface area (Å²) in [6, 6.07) is 3.13. The minimum absolute atomic E-state index is 0.00115. The van der Waals surface area contributed by atoms with Gasteiger partial charge in [0.2, 0.25) is 5.91 Å². The third-order valence-corrected chi connectivity index (χ3v) is 8.40. The Morgan fingerprint density at radius 3 is 1.11 bits per heavy atom. The lowest BCUT2D eigenvalue weighted by Gasteiger charge is -2.34. The van der Waals surface area contributed by atoms with E-state index >= 15 is 0 Å². The number of carbonyl (C=O) groups excluding carboxylic acids is 6. The molecule has 322 valence electrons. The Hall–Kier alpha value is -4.32. The van der Waals surface area contributed by atoms with Crippen molar-refractivity contribution in [1.29, 1.82) is 0 Å². The molecule has 3 amide bonds. The number of nitrogens with one attached hydrogen (secondary N) is 3. The van der Waals surface area contributed by atoms with Gasteiger partial charge in [0.15, 0.2) is 0 Å². The molecule has 0 aromatic heterocycles. The minimum Gasteiger partial charge on any atom is -0.495 e. The molecule has 17 heteroatoms. The van der Waals surface area contributed by atoms with E-state index in [1.807, 2.05) is 40.4 Å². The Morgan fingerprint density at radius 2 is 0.842 bits per heavy atom. The van der Waals surface area contributed by atoms with Crippen LogP contribution in [-0.4, -0.2) is 172 Å². The van der Waals surface area contributed by atoms with Crippen LogP contribution in [0.3, 0.4) is 0 Å². The van der Waals surface area contributed by atoms with Crippen LogP contribution in [0.5, 0.6) is 5.75 Å². The lowest BCUT2D eigenvalue weighted by Crippen LogP contribution is -2.50. The second kappa shape index (κ2) is 22.0. The van der Waals surface area contributed by atoms with Crippen molar-refractivity contribution in [1.82, 2.24) is 35.6 Å². The Bertz CT molecular complexity index is 1470. The number of esters is 3. The van der Waals surface area contributed by atoms with Crippen molar-refractivity contribution >= 4 is 35.6 Å². The lowest BCUT2D eigenvalue weighted by atomic mass is 10.0. The van der Waals surface area contributed by atoms with Gasteiger partial charge in [-0.25, -0.2) is 0 Å². The number of nitrogens with zero attached hydrogens (tertiary/aromatic N) is 4. The number of hydrogen-bond donors (Lipinski definition) is 3. The van der Waals surface area contributed by atoms with Crippen molar-refractivity contribution in [3.8, 4) is 5.75 Å². The molecule has 0 unspecified atom stereocenters. The summed E-state index contributed by atoms with van der Waals surface area (Å²) >= 11 is 0. The molecule has 3 N–H and O–H groups in total. The van der Waals surface area contributed by atoms with Gasteiger partial charge < -0.3 is 34.9 Å². The Kier molecular flexibility index (Phi) is 18.8.